The minimum absolute atomic E-state index is 0.0176. The predicted octanol–water partition coefficient (Wildman–Crippen LogP) is 6.48. The molecule has 49 heavy (non-hydrogen) atoms. The fourth-order valence-corrected chi connectivity index (χ4v) is 10.3. The molecule has 1 N–H and O–H groups in total. The Balaban J connectivity index is 0.952. The van der Waals surface area contributed by atoms with Gasteiger partial charge in [0.2, 0.25) is 0 Å². The molecule has 2 amide bonds. The van der Waals surface area contributed by atoms with E-state index in [1.807, 2.05) is 42.2 Å². The first kappa shape index (κ1) is 34.3. The van der Waals surface area contributed by atoms with Crippen LogP contribution < -0.4 is 10.1 Å². The molecule has 0 aromatic heterocycles. The summed E-state index contributed by atoms with van der Waals surface area (Å²) in [5.41, 5.74) is 2.10. The van der Waals surface area contributed by atoms with Crippen molar-refractivity contribution in [3.05, 3.63) is 65.5 Å². The monoisotopic (exact) mass is 674 g/mol. The molecule has 2 saturated heterocycles. The average Bonchev–Trinajstić information content (AvgIpc) is 3.11. The van der Waals surface area contributed by atoms with Gasteiger partial charge in [-0.15, -0.1) is 0 Å². The molecule has 8 rings (SSSR count). The second kappa shape index (κ2) is 15.4. The number of benzene rings is 2. The first-order valence-corrected chi connectivity index (χ1v) is 19.0. The van der Waals surface area contributed by atoms with Crippen molar-refractivity contribution in [3.63, 3.8) is 0 Å². The number of hydrogen-bond acceptors (Lipinski definition) is 6. The second-order valence-electron chi connectivity index (χ2n) is 15.8. The average molecular weight is 675 g/mol. The zero-order valence-corrected chi connectivity index (χ0v) is 29.3. The van der Waals surface area contributed by atoms with Crippen LogP contribution in [0.5, 0.6) is 5.75 Å². The van der Waals surface area contributed by atoms with E-state index >= 15 is 0 Å². The molecule has 6 aliphatic rings. The number of carbonyl (C=O) groups excluding carboxylic acids is 2. The zero-order chi connectivity index (χ0) is 33.8. The lowest BCUT2D eigenvalue weighted by molar-refractivity contribution is -0.146. The van der Waals surface area contributed by atoms with Crippen molar-refractivity contribution in [2.45, 2.75) is 83.9 Å². The van der Waals surface area contributed by atoms with Crippen LogP contribution in [-0.4, -0.2) is 85.2 Å². The number of alkyl carbamates (subject to hydrolysis) is 1. The van der Waals surface area contributed by atoms with E-state index in [1.54, 1.807) is 12.1 Å². The lowest BCUT2D eigenvalue weighted by Gasteiger charge is -2.57. The summed E-state index contributed by atoms with van der Waals surface area (Å²) in [5, 5.41) is 2.88. The van der Waals surface area contributed by atoms with Crippen LogP contribution in [0.1, 0.15) is 75.8 Å². The standard InChI is InChI=1S/C40H55FN4O4/c1-2-48-36-10-6-9-35(41)34(36)28-44-17-19-45(20-18-44)38(46)37(49-39(47)42-27-29-7-4-3-5-8-29)33-11-14-43(15-12-33)16-13-40-24-30-21-31(25-40)23-32(22-30)26-40/h3-10,30-33,37H,2,11-28H2,1H3,(H,42,47)/t30?,31?,32?,37-,40?/m1/s1. The smallest absolute Gasteiger partial charge is 0.408 e. The molecule has 4 saturated carbocycles. The fraction of sp³-hybridized carbons (Fsp3) is 0.650. The largest absolute Gasteiger partial charge is 0.493 e. The Morgan fingerprint density at radius 2 is 1.55 bits per heavy atom. The van der Waals surface area contributed by atoms with E-state index < -0.39 is 12.2 Å². The van der Waals surface area contributed by atoms with Crippen LogP contribution in [0, 0.1) is 34.9 Å². The number of hydrogen-bond donors (Lipinski definition) is 1. The number of carbonyl (C=O) groups is 2. The number of ether oxygens (including phenoxy) is 2. The van der Waals surface area contributed by atoms with Gasteiger partial charge in [-0.1, -0.05) is 36.4 Å². The highest BCUT2D eigenvalue weighted by atomic mass is 19.1. The molecule has 2 heterocycles. The lowest BCUT2D eigenvalue weighted by Crippen LogP contribution is -2.54. The molecule has 0 spiro atoms. The van der Waals surface area contributed by atoms with Gasteiger partial charge in [0.1, 0.15) is 11.6 Å². The summed E-state index contributed by atoms with van der Waals surface area (Å²) in [6.45, 7) is 8.40. The summed E-state index contributed by atoms with van der Waals surface area (Å²) in [7, 11) is 0. The van der Waals surface area contributed by atoms with Crippen LogP contribution >= 0.6 is 0 Å². The molecule has 0 unspecified atom stereocenters. The van der Waals surface area contributed by atoms with Gasteiger partial charge in [-0.25, -0.2) is 9.18 Å². The molecule has 2 aromatic rings. The zero-order valence-electron chi connectivity index (χ0n) is 29.3. The van der Waals surface area contributed by atoms with Gasteiger partial charge in [-0.05, 0) is 125 Å². The second-order valence-corrected chi connectivity index (χ2v) is 15.8. The Morgan fingerprint density at radius 1 is 0.878 bits per heavy atom. The predicted molar refractivity (Wildman–Crippen MR) is 187 cm³/mol. The molecule has 9 heteroatoms. The molecule has 4 aliphatic carbocycles. The Morgan fingerprint density at radius 3 is 2.20 bits per heavy atom. The normalized spacial score (nSPS) is 28.0. The van der Waals surface area contributed by atoms with Gasteiger partial charge in [0.05, 0.1) is 6.61 Å². The van der Waals surface area contributed by atoms with E-state index in [0.717, 1.165) is 55.8 Å². The molecule has 1 atom stereocenters. The molecule has 2 aliphatic heterocycles. The van der Waals surface area contributed by atoms with Crippen molar-refractivity contribution in [1.82, 2.24) is 20.0 Å². The van der Waals surface area contributed by atoms with E-state index in [0.29, 0.717) is 62.6 Å². The van der Waals surface area contributed by atoms with Crippen LogP contribution in [0.2, 0.25) is 0 Å². The third-order valence-corrected chi connectivity index (χ3v) is 12.4. The number of nitrogens with zero attached hydrogens (tertiary/aromatic N) is 3. The minimum atomic E-state index is -0.816. The quantitative estimate of drug-likeness (QED) is 0.278. The van der Waals surface area contributed by atoms with Gasteiger partial charge in [-0.3, -0.25) is 9.69 Å². The number of piperazine rings is 1. The van der Waals surface area contributed by atoms with Gasteiger partial charge in [0.15, 0.2) is 6.10 Å². The van der Waals surface area contributed by atoms with Crippen LogP contribution in [0.25, 0.3) is 0 Å². The number of nitrogens with one attached hydrogen (secondary N) is 1. The molecule has 0 radical (unpaired) electrons. The number of likely N-dealkylation sites (tertiary alicyclic amines) is 1. The number of piperidine rings is 1. The third kappa shape index (κ3) is 8.25. The highest BCUT2D eigenvalue weighted by Crippen LogP contribution is 2.61. The van der Waals surface area contributed by atoms with Crippen molar-refractivity contribution >= 4 is 12.0 Å². The highest BCUT2D eigenvalue weighted by Gasteiger charge is 2.50. The summed E-state index contributed by atoms with van der Waals surface area (Å²) in [6.07, 6.45) is 10.4. The van der Waals surface area contributed by atoms with Crippen LogP contribution in [0.3, 0.4) is 0 Å². The van der Waals surface area contributed by atoms with Crippen molar-refractivity contribution in [2.24, 2.45) is 29.1 Å². The summed E-state index contributed by atoms with van der Waals surface area (Å²) < 4.78 is 26.5. The fourth-order valence-electron chi connectivity index (χ4n) is 10.3. The Hall–Kier alpha value is -3.17. The van der Waals surface area contributed by atoms with Crippen LogP contribution in [-0.2, 0) is 22.6 Å². The lowest BCUT2D eigenvalue weighted by atomic mass is 9.49. The molecular formula is C40H55FN4O4. The Labute approximate surface area is 291 Å². The maximum atomic E-state index is 14.8. The van der Waals surface area contributed by atoms with Gasteiger partial charge < -0.3 is 24.6 Å². The summed E-state index contributed by atoms with van der Waals surface area (Å²) in [6, 6.07) is 14.7. The van der Waals surface area contributed by atoms with Crippen molar-refractivity contribution in [1.29, 1.82) is 0 Å². The third-order valence-electron chi connectivity index (χ3n) is 12.4. The maximum absolute atomic E-state index is 14.8. The van der Waals surface area contributed by atoms with Gasteiger partial charge in [-0.2, -0.15) is 0 Å². The van der Waals surface area contributed by atoms with Crippen molar-refractivity contribution < 1.29 is 23.5 Å². The minimum Gasteiger partial charge on any atom is -0.493 e. The molecular weight excluding hydrogens is 619 g/mol. The van der Waals surface area contributed by atoms with E-state index in [-0.39, 0.29) is 17.6 Å². The molecule has 4 bridgehead atoms. The van der Waals surface area contributed by atoms with Gasteiger partial charge in [0.25, 0.3) is 5.91 Å². The Kier molecular flexibility index (Phi) is 10.8. The first-order chi connectivity index (χ1) is 23.9. The Bertz CT molecular complexity index is 1390. The highest BCUT2D eigenvalue weighted by molar-refractivity contribution is 5.84. The maximum Gasteiger partial charge on any atom is 0.408 e. The topological polar surface area (TPSA) is 74.3 Å². The van der Waals surface area contributed by atoms with Crippen LogP contribution in [0.4, 0.5) is 9.18 Å². The van der Waals surface area contributed by atoms with Crippen molar-refractivity contribution in [3.8, 4) is 5.75 Å². The summed E-state index contributed by atoms with van der Waals surface area (Å²) in [4.78, 5) is 33.9. The molecule has 2 aromatic carbocycles. The van der Waals surface area contributed by atoms with E-state index in [2.05, 4.69) is 15.1 Å². The number of rotatable bonds is 12. The van der Waals surface area contributed by atoms with E-state index in [1.165, 1.54) is 51.0 Å². The summed E-state index contributed by atoms with van der Waals surface area (Å²) >= 11 is 0. The molecule has 6 fully saturated rings. The van der Waals surface area contributed by atoms with E-state index in [9.17, 15) is 14.0 Å². The van der Waals surface area contributed by atoms with Crippen molar-refractivity contribution in [2.75, 3.05) is 52.4 Å². The van der Waals surface area contributed by atoms with Crippen LogP contribution in [0.15, 0.2) is 48.5 Å². The van der Waals surface area contributed by atoms with Gasteiger partial charge >= 0.3 is 6.09 Å². The molecule has 8 nitrogen and oxygen atoms in total. The SMILES string of the molecule is CCOc1cccc(F)c1CN1CCN(C(=O)[C@H](OC(=O)NCc2ccccc2)C2CCN(CCC34CC5CC(CC(C5)C3)C4)CC2)CC1. The van der Waals surface area contributed by atoms with Gasteiger partial charge in [0, 0.05) is 50.7 Å². The molecule has 266 valence electrons. The van der Waals surface area contributed by atoms with E-state index in [4.69, 9.17) is 9.47 Å². The first-order valence-electron chi connectivity index (χ1n) is 19.0. The number of amides is 2. The summed E-state index contributed by atoms with van der Waals surface area (Å²) in [5.74, 6) is 3.09. The number of halogens is 1.